The number of benzene rings is 1. The Balaban J connectivity index is 1.78. The molecule has 2 aromatic rings. The Kier molecular flexibility index (Phi) is 3.73. The normalized spacial score (nSPS) is 14.0. The predicted molar refractivity (Wildman–Crippen MR) is 87.3 cm³/mol. The van der Waals surface area contributed by atoms with E-state index >= 15 is 0 Å². The number of aromatic nitrogens is 1. The van der Waals surface area contributed by atoms with Gasteiger partial charge in [0.15, 0.2) is 5.13 Å². The van der Waals surface area contributed by atoms with Crippen LogP contribution in [0.4, 0.5) is 16.6 Å². The minimum absolute atomic E-state index is 0.250. The van der Waals surface area contributed by atoms with Gasteiger partial charge in [-0.25, -0.2) is 4.98 Å². The zero-order valence-electron chi connectivity index (χ0n) is 11.4. The van der Waals surface area contributed by atoms with Crippen molar-refractivity contribution in [1.82, 2.24) is 4.98 Å². The topological polar surface area (TPSA) is 80.0 Å². The summed E-state index contributed by atoms with van der Waals surface area (Å²) in [6, 6.07) is 5.85. The molecular formula is C14H15ClN4OS. The van der Waals surface area contributed by atoms with Crippen molar-refractivity contribution >= 4 is 45.5 Å². The Morgan fingerprint density at radius 2 is 2.24 bits per heavy atom. The van der Waals surface area contributed by atoms with Crippen molar-refractivity contribution in [2.45, 2.75) is 25.8 Å². The Hall–Kier alpha value is -1.79. The molecule has 1 saturated carbocycles. The summed E-state index contributed by atoms with van der Waals surface area (Å²) in [5.74, 6) is -0.0143. The molecule has 0 aliphatic heterocycles. The molecule has 0 atom stereocenters. The van der Waals surface area contributed by atoms with E-state index in [4.69, 9.17) is 17.3 Å². The minimum Gasteiger partial charge on any atom is -0.382 e. The first kappa shape index (κ1) is 14.2. The van der Waals surface area contributed by atoms with Gasteiger partial charge < -0.3 is 16.4 Å². The summed E-state index contributed by atoms with van der Waals surface area (Å²) < 4.78 is 0. The molecule has 7 heteroatoms. The summed E-state index contributed by atoms with van der Waals surface area (Å²) in [5.41, 5.74) is 7.34. The number of rotatable bonds is 4. The predicted octanol–water partition coefficient (Wildman–Crippen LogP) is 3.51. The summed E-state index contributed by atoms with van der Waals surface area (Å²) in [4.78, 5) is 16.9. The van der Waals surface area contributed by atoms with Gasteiger partial charge >= 0.3 is 0 Å². The smallest absolute Gasteiger partial charge is 0.269 e. The van der Waals surface area contributed by atoms with E-state index in [0.717, 1.165) is 18.4 Å². The van der Waals surface area contributed by atoms with Crippen LogP contribution in [-0.4, -0.2) is 16.9 Å². The molecule has 1 fully saturated rings. The molecule has 1 amide bonds. The second kappa shape index (κ2) is 5.54. The summed E-state index contributed by atoms with van der Waals surface area (Å²) in [7, 11) is 0. The van der Waals surface area contributed by atoms with Crippen molar-refractivity contribution < 1.29 is 4.79 Å². The average molecular weight is 323 g/mol. The van der Waals surface area contributed by atoms with Gasteiger partial charge in [-0.2, -0.15) is 0 Å². The van der Waals surface area contributed by atoms with Crippen LogP contribution >= 0.6 is 22.9 Å². The third kappa shape index (κ3) is 3.11. The number of carbonyl (C=O) groups is 1. The van der Waals surface area contributed by atoms with Gasteiger partial charge in [0.2, 0.25) is 0 Å². The van der Waals surface area contributed by atoms with Crippen LogP contribution in [0.1, 0.15) is 28.1 Å². The first-order valence-electron chi connectivity index (χ1n) is 6.64. The highest BCUT2D eigenvalue weighted by Crippen LogP contribution is 2.31. The molecule has 5 nitrogen and oxygen atoms in total. The fourth-order valence-electron chi connectivity index (χ4n) is 1.88. The van der Waals surface area contributed by atoms with Gasteiger partial charge in [0, 0.05) is 16.8 Å². The summed E-state index contributed by atoms with van der Waals surface area (Å²) in [6.07, 6.45) is 2.28. The molecule has 1 aliphatic rings. The van der Waals surface area contributed by atoms with Crippen LogP contribution in [0.25, 0.3) is 0 Å². The van der Waals surface area contributed by atoms with Crippen molar-refractivity contribution in [2.75, 3.05) is 16.4 Å². The van der Waals surface area contributed by atoms with Crippen LogP contribution < -0.4 is 16.4 Å². The fourth-order valence-corrected chi connectivity index (χ4v) is 2.91. The molecule has 1 aliphatic carbocycles. The lowest BCUT2D eigenvalue weighted by Gasteiger charge is -2.08. The molecule has 0 spiro atoms. The highest BCUT2D eigenvalue weighted by molar-refractivity contribution is 7.18. The van der Waals surface area contributed by atoms with E-state index in [-0.39, 0.29) is 11.7 Å². The lowest BCUT2D eigenvalue weighted by atomic mass is 10.2. The quantitative estimate of drug-likeness (QED) is 0.804. The largest absolute Gasteiger partial charge is 0.382 e. The Morgan fingerprint density at radius 1 is 1.48 bits per heavy atom. The molecule has 0 radical (unpaired) electrons. The molecule has 21 heavy (non-hydrogen) atoms. The second-order valence-corrected chi connectivity index (χ2v) is 6.42. The zero-order valence-corrected chi connectivity index (χ0v) is 13.0. The van der Waals surface area contributed by atoms with Gasteiger partial charge in [-0.05, 0) is 37.5 Å². The molecular weight excluding hydrogens is 308 g/mol. The SMILES string of the molecule is Cc1c(Cl)cccc1NC(=O)c1sc(NC2CC2)nc1N. The number of hydrogen-bond donors (Lipinski definition) is 3. The van der Waals surface area contributed by atoms with Crippen molar-refractivity contribution in [2.24, 2.45) is 0 Å². The van der Waals surface area contributed by atoms with Crippen LogP contribution in [0, 0.1) is 6.92 Å². The highest BCUT2D eigenvalue weighted by atomic mass is 35.5. The van der Waals surface area contributed by atoms with E-state index in [0.29, 0.717) is 26.8 Å². The maximum absolute atomic E-state index is 12.3. The molecule has 1 heterocycles. The Bertz CT molecular complexity index is 696. The van der Waals surface area contributed by atoms with Crippen molar-refractivity contribution in [3.8, 4) is 0 Å². The molecule has 1 aromatic heterocycles. The lowest BCUT2D eigenvalue weighted by molar-refractivity contribution is 0.103. The van der Waals surface area contributed by atoms with Gasteiger partial charge in [-0.1, -0.05) is 29.0 Å². The number of nitrogens with two attached hydrogens (primary N) is 1. The van der Waals surface area contributed by atoms with Crippen LogP contribution in [0.3, 0.4) is 0 Å². The fraction of sp³-hybridized carbons (Fsp3) is 0.286. The number of amides is 1. The molecule has 0 bridgehead atoms. The third-order valence-electron chi connectivity index (χ3n) is 3.28. The maximum atomic E-state index is 12.3. The Morgan fingerprint density at radius 3 is 2.95 bits per heavy atom. The Labute approximate surface area is 131 Å². The average Bonchev–Trinajstić information content (AvgIpc) is 3.17. The van der Waals surface area contributed by atoms with Gasteiger partial charge in [-0.15, -0.1) is 0 Å². The number of thiazole rings is 1. The molecule has 4 N–H and O–H groups in total. The maximum Gasteiger partial charge on any atom is 0.269 e. The summed E-state index contributed by atoms with van der Waals surface area (Å²) in [6.45, 7) is 1.86. The highest BCUT2D eigenvalue weighted by Gasteiger charge is 2.24. The van der Waals surface area contributed by atoms with Gasteiger partial charge in [-0.3, -0.25) is 4.79 Å². The van der Waals surface area contributed by atoms with E-state index in [1.807, 2.05) is 6.92 Å². The number of halogens is 1. The molecule has 1 aromatic carbocycles. The molecule has 0 unspecified atom stereocenters. The van der Waals surface area contributed by atoms with Crippen LogP contribution in [0.15, 0.2) is 18.2 Å². The lowest BCUT2D eigenvalue weighted by Crippen LogP contribution is -2.13. The number of nitrogen functional groups attached to an aromatic ring is 1. The second-order valence-electron chi connectivity index (χ2n) is 5.02. The number of nitrogens with one attached hydrogen (secondary N) is 2. The number of anilines is 3. The monoisotopic (exact) mass is 322 g/mol. The standard InChI is InChI=1S/C14H15ClN4OS/c1-7-9(15)3-2-4-10(7)18-13(20)11-12(16)19-14(21-11)17-8-5-6-8/h2-4,8H,5-6,16H2,1H3,(H,17,19)(H,18,20). The van der Waals surface area contributed by atoms with Gasteiger partial charge in [0.05, 0.1) is 0 Å². The van der Waals surface area contributed by atoms with Crippen molar-refractivity contribution in [1.29, 1.82) is 0 Å². The summed E-state index contributed by atoms with van der Waals surface area (Å²) >= 11 is 7.32. The van der Waals surface area contributed by atoms with E-state index in [9.17, 15) is 4.79 Å². The summed E-state index contributed by atoms with van der Waals surface area (Å²) in [5, 5.41) is 7.38. The minimum atomic E-state index is -0.265. The van der Waals surface area contributed by atoms with Gasteiger partial charge in [0.25, 0.3) is 5.91 Å². The zero-order chi connectivity index (χ0) is 15.0. The molecule has 110 valence electrons. The van der Waals surface area contributed by atoms with Crippen molar-refractivity contribution in [3.05, 3.63) is 33.7 Å². The van der Waals surface area contributed by atoms with E-state index in [1.165, 1.54) is 11.3 Å². The molecule has 0 saturated heterocycles. The van der Waals surface area contributed by atoms with Crippen LogP contribution in [0.2, 0.25) is 5.02 Å². The first-order valence-corrected chi connectivity index (χ1v) is 7.83. The van der Waals surface area contributed by atoms with Crippen LogP contribution in [0.5, 0.6) is 0 Å². The first-order chi connectivity index (χ1) is 10.0. The van der Waals surface area contributed by atoms with Crippen molar-refractivity contribution in [3.63, 3.8) is 0 Å². The van der Waals surface area contributed by atoms with E-state index in [2.05, 4.69) is 15.6 Å². The van der Waals surface area contributed by atoms with Gasteiger partial charge in [0.1, 0.15) is 10.7 Å². The van der Waals surface area contributed by atoms with E-state index < -0.39 is 0 Å². The number of hydrogen-bond acceptors (Lipinski definition) is 5. The molecule has 3 rings (SSSR count). The number of nitrogens with zero attached hydrogens (tertiary/aromatic N) is 1. The van der Waals surface area contributed by atoms with Crippen LogP contribution in [-0.2, 0) is 0 Å². The number of carbonyl (C=O) groups excluding carboxylic acids is 1. The third-order valence-corrected chi connectivity index (χ3v) is 4.69. The van der Waals surface area contributed by atoms with E-state index in [1.54, 1.807) is 18.2 Å².